The summed E-state index contributed by atoms with van der Waals surface area (Å²) in [5.74, 6) is 0.857. The Morgan fingerprint density at radius 3 is 0.818 bits per heavy atom. The van der Waals surface area contributed by atoms with Crippen molar-refractivity contribution < 1.29 is 27.2 Å². The van der Waals surface area contributed by atoms with Gasteiger partial charge in [0.25, 0.3) is 0 Å². The molecule has 9 heteroatoms. The maximum atomic E-state index is 13.8. The standard InChI is InChI=1S/C24H20NO6P2/c26-32(28-21-13-5-1-6-14-21,29-22-15-7-2-8-16-22)25-33(27,30-23-17-9-3-10-18-23)31-24-19-11-4-12-20-24/h1-20H/q-1. The molecule has 0 heterocycles. The van der Waals surface area contributed by atoms with Crippen molar-refractivity contribution in [3.63, 3.8) is 0 Å². The minimum absolute atomic E-state index is 0.214. The van der Waals surface area contributed by atoms with Gasteiger partial charge in [0, 0.05) is 0 Å². The van der Waals surface area contributed by atoms with Gasteiger partial charge in [0.15, 0.2) is 0 Å². The van der Waals surface area contributed by atoms with Gasteiger partial charge in [0.1, 0.15) is 23.0 Å². The molecule has 0 saturated carbocycles. The number of benzene rings is 4. The largest absolute Gasteiger partial charge is 0.429 e. The Morgan fingerprint density at radius 2 is 0.606 bits per heavy atom. The summed E-state index contributed by atoms with van der Waals surface area (Å²) >= 11 is 0. The van der Waals surface area contributed by atoms with Gasteiger partial charge in [-0.1, -0.05) is 72.8 Å². The van der Waals surface area contributed by atoms with Crippen LogP contribution in [0.3, 0.4) is 0 Å². The summed E-state index contributed by atoms with van der Waals surface area (Å²) in [6, 6.07) is 33.3. The normalized spacial score (nSPS) is 11.4. The first-order valence-corrected chi connectivity index (χ1v) is 12.9. The average molecular weight is 480 g/mol. The van der Waals surface area contributed by atoms with Crippen LogP contribution in [0.1, 0.15) is 0 Å². The topological polar surface area (TPSA) is 85.2 Å². The van der Waals surface area contributed by atoms with Crippen LogP contribution < -0.4 is 18.1 Å². The molecule has 0 aliphatic rings. The first kappa shape index (κ1) is 22.7. The van der Waals surface area contributed by atoms with Crippen molar-refractivity contribution in [2.24, 2.45) is 0 Å². The van der Waals surface area contributed by atoms with Gasteiger partial charge in [-0.2, -0.15) is 0 Å². The Morgan fingerprint density at radius 1 is 0.394 bits per heavy atom. The summed E-state index contributed by atoms with van der Waals surface area (Å²) in [5, 5.41) is 0. The van der Waals surface area contributed by atoms with Crippen molar-refractivity contribution in [2.45, 2.75) is 0 Å². The fourth-order valence-corrected chi connectivity index (χ4v) is 5.99. The smallest absolute Gasteiger partial charge is 0.354 e. The highest BCUT2D eigenvalue weighted by molar-refractivity contribution is 7.77. The van der Waals surface area contributed by atoms with Crippen molar-refractivity contribution >= 4 is 15.5 Å². The second-order valence-corrected chi connectivity index (χ2v) is 9.96. The Balaban J connectivity index is 1.69. The predicted molar refractivity (Wildman–Crippen MR) is 127 cm³/mol. The van der Waals surface area contributed by atoms with Crippen LogP contribution in [0.15, 0.2) is 121 Å². The van der Waals surface area contributed by atoms with Gasteiger partial charge in [-0.3, -0.25) is 9.13 Å². The average Bonchev–Trinajstić information content (AvgIpc) is 2.81. The van der Waals surface area contributed by atoms with Crippen molar-refractivity contribution in [2.75, 3.05) is 0 Å². The molecule has 33 heavy (non-hydrogen) atoms. The van der Waals surface area contributed by atoms with Crippen LogP contribution in [0.25, 0.3) is 4.86 Å². The SMILES string of the molecule is O=P([N-]P(=O)(Oc1ccccc1)Oc1ccccc1)(Oc1ccccc1)Oc1ccccc1. The molecule has 168 valence electrons. The molecule has 0 unspecified atom stereocenters. The van der Waals surface area contributed by atoms with Gasteiger partial charge in [-0.05, 0) is 48.5 Å². The van der Waals surface area contributed by atoms with E-state index >= 15 is 0 Å². The number of nitrogens with zero attached hydrogens (tertiary/aromatic N) is 1. The number of hydrogen-bond donors (Lipinski definition) is 0. The lowest BCUT2D eigenvalue weighted by Gasteiger charge is -2.36. The lowest BCUT2D eigenvalue weighted by molar-refractivity contribution is 0.380. The number of rotatable bonds is 10. The van der Waals surface area contributed by atoms with Gasteiger partial charge in [-0.25, -0.2) is 0 Å². The van der Waals surface area contributed by atoms with E-state index in [9.17, 15) is 9.13 Å². The molecule has 4 aromatic rings. The highest BCUT2D eigenvalue weighted by atomic mass is 31.3. The second kappa shape index (κ2) is 10.4. The van der Waals surface area contributed by atoms with Gasteiger partial charge >= 0.3 is 15.5 Å². The highest BCUT2D eigenvalue weighted by Crippen LogP contribution is 2.70. The van der Waals surface area contributed by atoms with E-state index in [0.29, 0.717) is 0 Å². The lowest BCUT2D eigenvalue weighted by Crippen LogP contribution is -2.06. The van der Waals surface area contributed by atoms with Crippen LogP contribution in [-0.4, -0.2) is 0 Å². The minimum Gasteiger partial charge on any atom is -0.429 e. The zero-order chi connectivity index (χ0) is 23.0. The Kier molecular flexibility index (Phi) is 7.16. The lowest BCUT2D eigenvalue weighted by atomic mass is 10.3. The Hall–Kier alpha value is -3.50. The van der Waals surface area contributed by atoms with E-state index in [4.69, 9.17) is 18.1 Å². The fourth-order valence-electron chi connectivity index (χ4n) is 2.70. The third-order valence-corrected chi connectivity index (χ3v) is 7.59. The monoisotopic (exact) mass is 480 g/mol. The summed E-state index contributed by atoms with van der Waals surface area (Å²) < 4.78 is 50.1. The van der Waals surface area contributed by atoms with Crippen LogP contribution in [0.4, 0.5) is 0 Å². The van der Waals surface area contributed by atoms with Gasteiger partial charge in [0.05, 0.1) is 0 Å². The molecule has 0 atom stereocenters. The maximum absolute atomic E-state index is 13.8. The van der Waals surface area contributed by atoms with Crippen molar-refractivity contribution in [3.8, 4) is 23.0 Å². The quantitative estimate of drug-likeness (QED) is 0.215. The van der Waals surface area contributed by atoms with E-state index in [0.717, 1.165) is 0 Å². The summed E-state index contributed by atoms with van der Waals surface area (Å²) in [6.45, 7) is 0. The van der Waals surface area contributed by atoms with E-state index in [2.05, 4.69) is 4.86 Å². The number of hydrogen-bond acceptors (Lipinski definition) is 6. The molecule has 4 aromatic carbocycles. The first-order valence-electron chi connectivity index (χ1n) is 9.95. The van der Waals surface area contributed by atoms with Gasteiger partial charge < -0.3 is 23.0 Å². The van der Waals surface area contributed by atoms with E-state index in [1.54, 1.807) is 121 Å². The Labute approximate surface area is 192 Å². The summed E-state index contributed by atoms with van der Waals surface area (Å²) in [7, 11) is -8.89. The molecular formula is C24H20NO6P2-. The van der Waals surface area contributed by atoms with Crippen LogP contribution in [-0.2, 0) is 9.13 Å². The molecule has 4 rings (SSSR count). The van der Waals surface area contributed by atoms with Crippen LogP contribution in [0, 0.1) is 0 Å². The van der Waals surface area contributed by atoms with Crippen molar-refractivity contribution in [1.82, 2.24) is 0 Å². The van der Waals surface area contributed by atoms with Crippen LogP contribution >= 0.6 is 15.5 Å². The van der Waals surface area contributed by atoms with Gasteiger partial charge in [0.2, 0.25) is 0 Å². The third kappa shape index (κ3) is 6.74. The molecule has 0 fully saturated rings. The molecule has 0 bridgehead atoms. The molecular weight excluding hydrogens is 460 g/mol. The molecule has 0 N–H and O–H groups in total. The minimum atomic E-state index is -4.45. The summed E-state index contributed by atoms with van der Waals surface area (Å²) in [4.78, 5) is 3.94. The van der Waals surface area contributed by atoms with E-state index < -0.39 is 15.5 Å². The molecule has 0 spiro atoms. The molecule has 0 aliphatic heterocycles. The molecule has 7 nitrogen and oxygen atoms in total. The molecule has 0 aliphatic carbocycles. The summed E-state index contributed by atoms with van der Waals surface area (Å²) in [5.41, 5.74) is 0. The third-order valence-electron chi connectivity index (χ3n) is 4.07. The molecule has 0 aromatic heterocycles. The first-order chi connectivity index (χ1) is 16.0. The van der Waals surface area contributed by atoms with Crippen molar-refractivity contribution in [3.05, 3.63) is 126 Å². The van der Waals surface area contributed by atoms with E-state index in [-0.39, 0.29) is 23.0 Å². The molecule has 0 radical (unpaired) electrons. The van der Waals surface area contributed by atoms with E-state index in [1.165, 1.54) is 0 Å². The predicted octanol–water partition coefficient (Wildman–Crippen LogP) is 7.89. The summed E-state index contributed by atoms with van der Waals surface area (Å²) in [6.07, 6.45) is 0. The molecule has 0 saturated heterocycles. The van der Waals surface area contributed by atoms with Crippen LogP contribution in [0.2, 0.25) is 0 Å². The highest BCUT2D eigenvalue weighted by Gasteiger charge is 2.30. The number of para-hydroxylation sites is 4. The zero-order valence-electron chi connectivity index (χ0n) is 17.3. The molecule has 0 amide bonds. The van der Waals surface area contributed by atoms with Gasteiger partial charge in [-0.15, -0.1) is 0 Å². The van der Waals surface area contributed by atoms with Crippen LogP contribution in [0.5, 0.6) is 23.0 Å². The fraction of sp³-hybridized carbons (Fsp3) is 0. The Bertz CT molecular complexity index is 1050. The maximum Gasteiger partial charge on any atom is 0.354 e. The zero-order valence-corrected chi connectivity index (χ0v) is 19.1. The second-order valence-electron chi connectivity index (χ2n) is 6.64. The van der Waals surface area contributed by atoms with E-state index in [1.807, 2.05) is 0 Å². The van der Waals surface area contributed by atoms with Crippen molar-refractivity contribution in [1.29, 1.82) is 0 Å².